The Kier molecular flexibility index (Phi) is 5.86. The lowest BCUT2D eigenvalue weighted by Gasteiger charge is -2.36. The highest BCUT2D eigenvalue weighted by Crippen LogP contribution is 2.21. The second kappa shape index (κ2) is 8.29. The van der Waals surface area contributed by atoms with E-state index in [4.69, 9.17) is 0 Å². The molecule has 2 N–H and O–H groups in total. The maximum atomic E-state index is 12.7. The number of piperidine rings is 2. The molecular formula is C19H27N3O2. The maximum absolute atomic E-state index is 12.7. The van der Waals surface area contributed by atoms with Crippen molar-refractivity contribution in [2.75, 3.05) is 32.7 Å². The zero-order valence-corrected chi connectivity index (χ0v) is 14.2. The van der Waals surface area contributed by atoms with E-state index in [0.717, 1.165) is 51.9 Å². The van der Waals surface area contributed by atoms with Gasteiger partial charge in [-0.05, 0) is 56.8 Å². The second-order valence-corrected chi connectivity index (χ2v) is 6.89. The van der Waals surface area contributed by atoms with E-state index < -0.39 is 0 Å². The maximum Gasteiger partial charge on any atom is 0.251 e. The molecule has 3 rings (SSSR count). The molecule has 5 nitrogen and oxygen atoms in total. The number of likely N-dealkylation sites (tertiary alicyclic amines) is 1. The van der Waals surface area contributed by atoms with Crippen molar-refractivity contribution in [3.8, 4) is 0 Å². The average molecular weight is 329 g/mol. The number of carbonyl (C=O) groups excluding carboxylic acids is 2. The van der Waals surface area contributed by atoms with E-state index in [1.807, 2.05) is 35.2 Å². The van der Waals surface area contributed by atoms with Gasteiger partial charge in [-0.2, -0.15) is 0 Å². The number of nitrogens with zero attached hydrogens (tertiary/aromatic N) is 1. The van der Waals surface area contributed by atoms with E-state index in [-0.39, 0.29) is 11.8 Å². The van der Waals surface area contributed by atoms with Gasteiger partial charge < -0.3 is 15.5 Å². The van der Waals surface area contributed by atoms with Gasteiger partial charge in [0, 0.05) is 31.1 Å². The van der Waals surface area contributed by atoms with Gasteiger partial charge >= 0.3 is 0 Å². The van der Waals surface area contributed by atoms with Crippen molar-refractivity contribution in [1.82, 2.24) is 15.5 Å². The number of nitrogens with one attached hydrogen (secondary N) is 2. The van der Waals surface area contributed by atoms with Gasteiger partial charge in [0.15, 0.2) is 0 Å². The van der Waals surface area contributed by atoms with Gasteiger partial charge in [-0.1, -0.05) is 18.2 Å². The first kappa shape index (κ1) is 17.0. The summed E-state index contributed by atoms with van der Waals surface area (Å²) in [7, 11) is 0. The third kappa shape index (κ3) is 4.35. The summed E-state index contributed by atoms with van der Waals surface area (Å²) in [4.78, 5) is 26.8. The van der Waals surface area contributed by atoms with Crippen molar-refractivity contribution < 1.29 is 9.59 Å². The third-order valence-electron chi connectivity index (χ3n) is 5.11. The Labute approximate surface area is 143 Å². The Morgan fingerprint density at radius 3 is 2.62 bits per heavy atom. The fraction of sp³-hybridized carbons (Fsp3) is 0.579. The summed E-state index contributed by atoms with van der Waals surface area (Å²) < 4.78 is 0. The summed E-state index contributed by atoms with van der Waals surface area (Å²) in [5, 5.41) is 6.33. The minimum atomic E-state index is -0.0302. The van der Waals surface area contributed by atoms with E-state index in [2.05, 4.69) is 10.6 Å². The molecule has 0 aliphatic carbocycles. The molecule has 24 heavy (non-hydrogen) atoms. The van der Waals surface area contributed by atoms with Gasteiger partial charge in [-0.15, -0.1) is 0 Å². The van der Waals surface area contributed by atoms with E-state index in [1.165, 1.54) is 0 Å². The molecule has 0 aromatic heterocycles. The molecule has 0 spiro atoms. The standard InChI is InChI=1S/C19H27N3O2/c23-18(16-6-2-1-3-7-16)21-13-15-5-4-12-22(14-15)19(24)17-8-10-20-11-9-17/h1-3,6-7,15,17,20H,4-5,8-14H2,(H,21,23). The van der Waals surface area contributed by atoms with Crippen LogP contribution in [0.25, 0.3) is 0 Å². The highest BCUT2D eigenvalue weighted by atomic mass is 16.2. The molecule has 2 amide bonds. The number of hydrogen-bond donors (Lipinski definition) is 2. The number of carbonyl (C=O) groups is 2. The van der Waals surface area contributed by atoms with Crippen molar-refractivity contribution in [3.05, 3.63) is 35.9 Å². The molecule has 1 unspecified atom stereocenters. The van der Waals surface area contributed by atoms with Crippen molar-refractivity contribution in [2.45, 2.75) is 25.7 Å². The lowest BCUT2D eigenvalue weighted by molar-refractivity contribution is -0.138. The highest BCUT2D eigenvalue weighted by molar-refractivity contribution is 5.94. The summed E-state index contributed by atoms with van der Waals surface area (Å²) in [6.07, 6.45) is 4.00. The SMILES string of the molecule is O=C(NCC1CCCN(C(=O)C2CCNCC2)C1)c1ccccc1. The van der Waals surface area contributed by atoms with Gasteiger partial charge in [0.1, 0.15) is 0 Å². The molecule has 2 aliphatic rings. The normalized spacial score (nSPS) is 22.2. The molecule has 1 aromatic rings. The molecule has 1 aromatic carbocycles. The quantitative estimate of drug-likeness (QED) is 0.883. The topological polar surface area (TPSA) is 61.4 Å². The van der Waals surface area contributed by atoms with Crippen molar-refractivity contribution >= 4 is 11.8 Å². The van der Waals surface area contributed by atoms with Crippen LogP contribution in [0.1, 0.15) is 36.0 Å². The molecule has 2 fully saturated rings. The molecule has 0 saturated carbocycles. The summed E-state index contributed by atoms with van der Waals surface area (Å²) in [5.74, 6) is 0.828. The fourth-order valence-electron chi connectivity index (χ4n) is 3.69. The van der Waals surface area contributed by atoms with Crippen LogP contribution in [0.4, 0.5) is 0 Å². The first-order chi connectivity index (χ1) is 11.7. The molecule has 1 atom stereocenters. The van der Waals surface area contributed by atoms with Crippen molar-refractivity contribution in [1.29, 1.82) is 0 Å². The molecule has 2 heterocycles. The van der Waals surface area contributed by atoms with Crippen molar-refractivity contribution in [3.63, 3.8) is 0 Å². The zero-order valence-electron chi connectivity index (χ0n) is 14.2. The molecule has 2 saturated heterocycles. The minimum Gasteiger partial charge on any atom is -0.352 e. The fourth-order valence-corrected chi connectivity index (χ4v) is 3.69. The molecule has 130 valence electrons. The first-order valence-electron chi connectivity index (χ1n) is 9.07. The van der Waals surface area contributed by atoms with Crippen molar-refractivity contribution in [2.24, 2.45) is 11.8 Å². The second-order valence-electron chi connectivity index (χ2n) is 6.89. The molecule has 5 heteroatoms. The predicted molar refractivity (Wildman–Crippen MR) is 93.7 cm³/mol. The number of rotatable bonds is 4. The first-order valence-corrected chi connectivity index (χ1v) is 9.07. The number of amides is 2. The summed E-state index contributed by atoms with van der Waals surface area (Å²) in [6.45, 7) is 4.18. The van der Waals surface area contributed by atoms with E-state index in [0.29, 0.717) is 23.9 Å². The molecule has 0 radical (unpaired) electrons. The third-order valence-corrected chi connectivity index (χ3v) is 5.11. The Bertz CT molecular complexity index is 555. The zero-order chi connectivity index (χ0) is 16.8. The number of benzene rings is 1. The number of hydrogen-bond acceptors (Lipinski definition) is 3. The Hall–Kier alpha value is -1.88. The lowest BCUT2D eigenvalue weighted by Crippen LogP contribution is -2.47. The van der Waals surface area contributed by atoms with Gasteiger partial charge in [0.25, 0.3) is 5.91 Å². The molecular weight excluding hydrogens is 302 g/mol. The molecule has 2 aliphatic heterocycles. The Morgan fingerprint density at radius 1 is 1.12 bits per heavy atom. The highest BCUT2D eigenvalue weighted by Gasteiger charge is 2.29. The summed E-state index contributed by atoms with van der Waals surface area (Å²) >= 11 is 0. The van der Waals surface area contributed by atoms with E-state index >= 15 is 0 Å². The van der Waals surface area contributed by atoms with Gasteiger partial charge in [0.2, 0.25) is 5.91 Å². The lowest BCUT2D eigenvalue weighted by atomic mass is 9.93. The largest absolute Gasteiger partial charge is 0.352 e. The monoisotopic (exact) mass is 329 g/mol. The van der Waals surface area contributed by atoms with E-state index in [9.17, 15) is 9.59 Å². The van der Waals surface area contributed by atoms with Crippen LogP contribution in [0.3, 0.4) is 0 Å². The van der Waals surface area contributed by atoms with Crippen LogP contribution in [-0.2, 0) is 4.79 Å². The average Bonchev–Trinajstić information content (AvgIpc) is 2.67. The van der Waals surface area contributed by atoms with Crippen LogP contribution in [0.5, 0.6) is 0 Å². The van der Waals surface area contributed by atoms with Crippen LogP contribution in [0.15, 0.2) is 30.3 Å². The smallest absolute Gasteiger partial charge is 0.251 e. The van der Waals surface area contributed by atoms with Gasteiger partial charge in [-0.25, -0.2) is 0 Å². The Morgan fingerprint density at radius 2 is 1.88 bits per heavy atom. The van der Waals surface area contributed by atoms with Gasteiger partial charge in [0.05, 0.1) is 0 Å². The Balaban J connectivity index is 1.48. The predicted octanol–water partition coefficient (Wildman–Crippen LogP) is 1.65. The van der Waals surface area contributed by atoms with Crippen LogP contribution in [0.2, 0.25) is 0 Å². The minimum absolute atomic E-state index is 0.0302. The van der Waals surface area contributed by atoms with E-state index in [1.54, 1.807) is 0 Å². The molecule has 0 bridgehead atoms. The van der Waals surface area contributed by atoms with Crippen LogP contribution >= 0.6 is 0 Å². The summed E-state index contributed by atoms with van der Waals surface area (Å²) in [5.41, 5.74) is 0.691. The van der Waals surface area contributed by atoms with Crippen LogP contribution < -0.4 is 10.6 Å². The van der Waals surface area contributed by atoms with Crippen LogP contribution in [-0.4, -0.2) is 49.4 Å². The summed E-state index contributed by atoms with van der Waals surface area (Å²) in [6, 6.07) is 9.29. The van der Waals surface area contributed by atoms with Gasteiger partial charge in [-0.3, -0.25) is 9.59 Å². The van der Waals surface area contributed by atoms with Crippen LogP contribution in [0, 0.1) is 11.8 Å².